The fraction of sp³-hybridized carbons (Fsp3) is 0.100. The first-order valence-corrected chi connectivity index (χ1v) is 10.8. The molecule has 0 unspecified atom stereocenters. The minimum Gasteiger partial charge on any atom is -0.278 e. The van der Waals surface area contributed by atoms with Gasteiger partial charge in [-0.3, -0.25) is 4.72 Å². The Kier molecular flexibility index (Phi) is 5.91. The Labute approximate surface area is 163 Å². The first-order chi connectivity index (χ1) is 12.5. The molecule has 1 N–H and O–H groups in total. The number of benzene rings is 3. The van der Waals surface area contributed by atoms with Crippen LogP contribution in [-0.4, -0.2) is 8.42 Å². The van der Waals surface area contributed by atoms with E-state index < -0.39 is 10.0 Å². The lowest BCUT2D eigenvalue weighted by atomic mass is 10.2. The van der Waals surface area contributed by atoms with Gasteiger partial charge in [0.05, 0.1) is 10.6 Å². The van der Waals surface area contributed by atoms with Crippen LogP contribution in [0.5, 0.6) is 0 Å². The number of anilines is 1. The van der Waals surface area contributed by atoms with Crippen molar-refractivity contribution >= 4 is 39.1 Å². The molecule has 3 rings (SSSR count). The number of hydrogen-bond donors (Lipinski definition) is 1. The molecule has 0 fully saturated rings. The van der Waals surface area contributed by atoms with Crippen LogP contribution in [0.25, 0.3) is 0 Å². The smallest absolute Gasteiger partial charge is 0.261 e. The summed E-state index contributed by atoms with van der Waals surface area (Å²) in [4.78, 5) is 1.09. The van der Waals surface area contributed by atoms with Crippen LogP contribution < -0.4 is 4.72 Å². The molecule has 0 aliphatic rings. The molecule has 0 atom stereocenters. The highest BCUT2D eigenvalue weighted by Gasteiger charge is 2.16. The summed E-state index contributed by atoms with van der Waals surface area (Å²) in [5.74, 6) is 0.656. The molecule has 3 nitrogen and oxygen atoms in total. The number of nitrogens with one attached hydrogen (secondary N) is 1. The van der Waals surface area contributed by atoms with Crippen molar-refractivity contribution in [1.82, 2.24) is 0 Å². The second kappa shape index (κ2) is 8.16. The fourth-order valence-corrected chi connectivity index (χ4v) is 4.81. The van der Waals surface area contributed by atoms with Gasteiger partial charge in [0.25, 0.3) is 10.0 Å². The number of sulfonamides is 1. The number of para-hydroxylation sites is 1. The second-order valence-electron chi connectivity index (χ2n) is 5.79. The minimum absolute atomic E-state index is 0.244. The van der Waals surface area contributed by atoms with Crippen LogP contribution in [0.2, 0.25) is 5.02 Å². The molecular formula is C20H18ClNO2S2. The number of thioether (sulfide) groups is 1. The topological polar surface area (TPSA) is 46.2 Å². The predicted molar refractivity (Wildman–Crippen MR) is 109 cm³/mol. The van der Waals surface area contributed by atoms with Crippen LogP contribution in [-0.2, 0) is 15.8 Å². The zero-order chi connectivity index (χ0) is 18.6. The Bertz CT molecular complexity index is 1000. The molecule has 0 saturated heterocycles. The van der Waals surface area contributed by atoms with Gasteiger partial charge in [0.15, 0.2) is 0 Å². The molecule has 3 aromatic carbocycles. The average Bonchev–Trinajstić information content (AvgIpc) is 2.62. The van der Waals surface area contributed by atoms with Gasteiger partial charge in [-0.15, -0.1) is 11.8 Å². The van der Waals surface area contributed by atoms with E-state index >= 15 is 0 Å². The highest BCUT2D eigenvalue weighted by molar-refractivity contribution is 7.98. The van der Waals surface area contributed by atoms with Crippen LogP contribution in [0, 0.1) is 6.92 Å². The molecule has 3 aromatic rings. The summed E-state index contributed by atoms with van der Waals surface area (Å²) in [6.45, 7) is 1.92. The van der Waals surface area contributed by atoms with Gasteiger partial charge in [-0.25, -0.2) is 8.42 Å². The third-order valence-electron chi connectivity index (χ3n) is 3.80. The fourth-order valence-electron chi connectivity index (χ4n) is 2.37. The second-order valence-corrected chi connectivity index (χ2v) is 8.90. The Morgan fingerprint density at radius 2 is 1.58 bits per heavy atom. The molecule has 0 aliphatic carbocycles. The lowest BCUT2D eigenvalue weighted by molar-refractivity contribution is 0.601. The third-order valence-corrected chi connectivity index (χ3v) is 6.68. The molecule has 26 heavy (non-hydrogen) atoms. The number of rotatable bonds is 6. The summed E-state index contributed by atoms with van der Waals surface area (Å²) in [7, 11) is -3.63. The van der Waals surface area contributed by atoms with E-state index in [1.165, 1.54) is 0 Å². The van der Waals surface area contributed by atoms with E-state index in [0.29, 0.717) is 16.5 Å². The summed E-state index contributed by atoms with van der Waals surface area (Å²) >= 11 is 7.75. The van der Waals surface area contributed by atoms with E-state index in [9.17, 15) is 8.42 Å². The van der Waals surface area contributed by atoms with Crippen molar-refractivity contribution in [3.63, 3.8) is 0 Å². The molecule has 0 bridgehead atoms. The van der Waals surface area contributed by atoms with Gasteiger partial charge in [-0.2, -0.15) is 0 Å². The van der Waals surface area contributed by atoms with E-state index in [1.54, 1.807) is 42.1 Å². The summed E-state index contributed by atoms with van der Waals surface area (Å²) in [5, 5.41) is 0.706. The molecule has 0 aliphatic heterocycles. The van der Waals surface area contributed by atoms with Crippen LogP contribution in [0.3, 0.4) is 0 Å². The van der Waals surface area contributed by atoms with Crippen molar-refractivity contribution in [2.45, 2.75) is 22.5 Å². The normalized spacial score (nSPS) is 11.3. The van der Waals surface area contributed by atoms with Crippen molar-refractivity contribution < 1.29 is 8.42 Å². The minimum atomic E-state index is -3.63. The summed E-state index contributed by atoms with van der Waals surface area (Å²) in [6, 6.07) is 21.8. The third kappa shape index (κ3) is 4.61. The maximum absolute atomic E-state index is 12.7. The highest BCUT2D eigenvalue weighted by Crippen LogP contribution is 2.32. The summed E-state index contributed by atoms with van der Waals surface area (Å²) in [6.07, 6.45) is 0. The van der Waals surface area contributed by atoms with Gasteiger partial charge in [0, 0.05) is 15.7 Å². The maximum Gasteiger partial charge on any atom is 0.261 e. The monoisotopic (exact) mass is 403 g/mol. The van der Waals surface area contributed by atoms with Gasteiger partial charge < -0.3 is 0 Å². The van der Waals surface area contributed by atoms with Gasteiger partial charge >= 0.3 is 0 Å². The van der Waals surface area contributed by atoms with Gasteiger partial charge in [-0.1, -0.05) is 59.6 Å². The average molecular weight is 404 g/mol. The van der Waals surface area contributed by atoms with E-state index in [4.69, 9.17) is 11.6 Å². The zero-order valence-corrected chi connectivity index (χ0v) is 16.5. The van der Waals surface area contributed by atoms with Gasteiger partial charge in [0.1, 0.15) is 0 Å². The van der Waals surface area contributed by atoms with Crippen molar-refractivity contribution in [2.75, 3.05) is 4.72 Å². The number of hydrogen-bond acceptors (Lipinski definition) is 3. The molecule has 0 aromatic heterocycles. The molecule has 0 heterocycles. The molecule has 0 saturated carbocycles. The first-order valence-electron chi connectivity index (χ1n) is 8.00. The quantitative estimate of drug-likeness (QED) is 0.533. The van der Waals surface area contributed by atoms with Crippen molar-refractivity contribution in [1.29, 1.82) is 0 Å². The number of aryl methyl sites for hydroxylation is 1. The Hall–Kier alpha value is -1.95. The largest absolute Gasteiger partial charge is 0.278 e. The molecular weight excluding hydrogens is 386 g/mol. The van der Waals surface area contributed by atoms with Gasteiger partial charge in [-0.05, 0) is 42.8 Å². The molecule has 0 amide bonds. The lowest BCUT2D eigenvalue weighted by Gasteiger charge is -2.13. The van der Waals surface area contributed by atoms with Crippen LogP contribution >= 0.6 is 23.4 Å². The Balaban J connectivity index is 1.81. The van der Waals surface area contributed by atoms with E-state index in [-0.39, 0.29) is 4.90 Å². The van der Waals surface area contributed by atoms with Crippen LogP contribution in [0.15, 0.2) is 82.6 Å². The van der Waals surface area contributed by atoms with Crippen molar-refractivity contribution in [3.8, 4) is 0 Å². The lowest BCUT2D eigenvalue weighted by Crippen LogP contribution is -2.13. The molecule has 6 heteroatoms. The Morgan fingerprint density at radius 1 is 0.923 bits per heavy atom. The number of halogens is 1. The summed E-state index contributed by atoms with van der Waals surface area (Å²) < 4.78 is 28.0. The van der Waals surface area contributed by atoms with Crippen LogP contribution in [0.1, 0.15) is 11.1 Å². The first kappa shape index (κ1) is 18.8. The molecule has 0 radical (unpaired) electrons. The summed E-state index contributed by atoms with van der Waals surface area (Å²) in [5.41, 5.74) is 2.58. The van der Waals surface area contributed by atoms with E-state index in [1.807, 2.05) is 49.4 Å². The van der Waals surface area contributed by atoms with E-state index in [2.05, 4.69) is 4.72 Å². The van der Waals surface area contributed by atoms with Crippen molar-refractivity contribution in [3.05, 3.63) is 88.9 Å². The standard InChI is InChI=1S/C20H18ClNO2S2/c1-15-10-12-17(13-11-15)26(23,24)22-19-8-4-5-9-20(19)25-14-16-6-2-3-7-18(16)21/h2-13,22H,14H2,1H3. The van der Waals surface area contributed by atoms with Crippen LogP contribution in [0.4, 0.5) is 5.69 Å². The zero-order valence-electron chi connectivity index (χ0n) is 14.1. The molecule has 134 valence electrons. The Morgan fingerprint density at radius 3 is 2.31 bits per heavy atom. The SMILES string of the molecule is Cc1ccc(S(=O)(=O)Nc2ccccc2SCc2ccccc2Cl)cc1. The van der Waals surface area contributed by atoms with Crippen molar-refractivity contribution in [2.24, 2.45) is 0 Å². The highest BCUT2D eigenvalue weighted by atomic mass is 35.5. The van der Waals surface area contributed by atoms with E-state index in [0.717, 1.165) is 16.0 Å². The molecule has 0 spiro atoms. The van der Waals surface area contributed by atoms with Gasteiger partial charge in [0.2, 0.25) is 0 Å². The maximum atomic E-state index is 12.7. The predicted octanol–water partition coefficient (Wildman–Crippen LogP) is 5.74.